The molecule has 138 valence electrons. The summed E-state index contributed by atoms with van der Waals surface area (Å²) in [4.78, 5) is 13.3. The number of hydrogen-bond donors (Lipinski definition) is 0. The molecule has 0 spiro atoms. The fourth-order valence-electron chi connectivity index (χ4n) is 2.91. The maximum absolute atomic E-state index is 6.23. The van der Waals surface area contributed by atoms with E-state index in [9.17, 15) is 0 Å². The maximum atomic E-state index is 6.23. The summed E-state index contributed by atoms with van der Waals surface area (Å²) >= 11 is 7.66. The predicted octanol–water partition coefficient (Wildman–Crippen LogP) is 4.80. The highest BCUT2D eigenvalue weighted by molar-refractivity contribution is 7.99. The number of nitrogens with zero attached hydrogens (tertiary/aromatic N) is 6. The number of aromatic nitrogens is 6. The van der Waals surface area contributed by atoms with Crippen LogP contribution in [-0.4, -0.2) is 29.7 Å². The molecule has 0 saturated heterocycles. The maximum Gasteiger partial charge on any atom is 0.202 e. The summed E-state index contributed by atoms with van der Waals surface area (Å²) in [6.45, 7) is 0. The van der Waals surface area contributed by atoms with E-state index in [1.807, 2.05) is 47.0 Å². The van der Waals surface area contributed by atoms with Gasteiger partial charge in [0.05, 0.1) is 0 Å². The molecular formula is C20H15ClN6S. The second kappa shape index (κ2) is 7.33. The Kier molecular flexibility index (Phi) is 4.54. The van der Waals surface area contributed by atoms with E-state index < -0.39 is 0 Å². The van der Waals surface area contributed by atoms with E-state index in [2.05, 4.69) is 25.1 Å². The molecule has 0 aliphatic heterocycles. The monoisotopic (exact) mass is 406 g/mol. The molecule has 5 rings (SSSR count). The van der Waals surface area contributed by atoms with Crippen molar-refractivity contribution in [3.05, 3.63) is 71.9 Å². The molecule has 4 aromatic rings. The van der Waals surface area contributed by atoms with Gasteiger partial charge in [-0.05, 0) is 48.9 Å². The van der Waals surface area contributed by atoms with Crippen molar-refractivity contribution in [3.63, 3.8) is 0 Å². The minimum Gasteiger partial charge on any atom is -0.270 e. The summed E-state index contributed by atoms with van der Waals surface area (Å²) in [6.07, 6.45) is 5.76. The summed E-state index contributed by atoms with van der Waals surface area (Å²) in [5, 5.41) is 10.8. The van der Waals surface area contributed by atoms with Gasteiger partial charge in [-0.1, -0.05) is 29.8 Å². The summed E-state index contributed by atoms with van der Waals surface area (Å²) < 4.78 is 2.01. The molecule has 3 heterocycles. The third-order valence-electron chi connectivity index (χ3n) is 4.39. The zero-order valence-corrected chi connectivity index (χ0v) is 16.3. The molecule has 0 amide bonds. The molecule has 8 heteroatoms. The molecule has 6 nitrogen and oxygen atoms in total. The van der Waals surface area contributed by atoms with Gasteiger partial charge in [0.25, 0.3) is 0 Å². The van der Waals surface area contributed by atoms with Crippen LogP contribution >= 0.6 is 23.4 Å². The number of rotatable bonds is 5. The summed E-state index contributed by atoms with van der Waals surface area (Å²) in [7, 11) is 0. The molecule has 28 heavy (non-hydrogen) atoms. The van der Waals surface area contributed by atoms with Gasteiger partial charge >= 0.3 is 0 Å². The first-order valence-corrected chi connectivity index (χ1v) is 10.1. The normalized spacial score (nSPS) is 13.6. The van der Waals surface area contributed by atoms with Gasteiger partial charge in [0.15, 0.2) is 5.82 Å². The van der Waals surface area contributed by atoms with Crippen molar-refractivity contribution < 1.29 is 0 Å². The van der Waals surface area contributed by atoms with Crippen LogP contribution in [0.3, 0.4) is 0 Å². The van der Waals surface area contributed by atoms with Crippen LogP contribution in [-0.2, 0) is 0 Å². The van der Waals surface area contributed by atoms with Crippen LogP contribution in [0, 0.1) is 0 Å². The lowest BCUT2D eigenvalue weighted by atomic mass is 10.2. The van der Waals surface area contributed by atoms with Crippen LogP contribution in [0.4, 0.5) is 0 Å². The van der Waals surface area contributed by atoms with Crippen molar-refractivity contribution in [1.82, 2.24) is 29.7 Å². The van der Waals surface area contributed by atoms with Crippen LogP contribution < -0.4 is 0 Å². The quantitative estimate of drug-likeness (QED) is 0.443. The Balaban J connectivity index is 1.59. The molecular weight excluding hydrogens is 392 g/mol. The lowest BCUT2D eigenvalue weighted by Gasteiger charge is -2.10. The van der Waals surface area contributed by atoms with Crippen molar-refractivity contribution >= 4 is 23.4 Å². The van der Waals surface area contributed by atoms with Crippen molar-refractivity contribution in [3.8, 4) is 17.1 Å². The molecule has 0 bridgehead atoms. The van der Waals surface area contributed by atoms with Crippen LogP contribution in [0.25, 0.3) is 17.1 Å². The first-order chi connectivity index (χ1) is 13.8. The van der Waals surface area contributed by atoms with E-state index in [0.29, 0.717) is 16.2 Å². The van der Waals surface area contributed by atoms with Gasteiger partial charge in [-0.25, -0.2) is 9.97 Å². The second-order valence-electron chi connectivity index (χ2n) is 6.48. The van der Waals surface area contributed by atoms with E-state index in [1.165, 1.54) is 11.8 Å². The van der Waals surface area contributed by atoms with E-state index in [1.54, 1.807) is 18.5 Å². The molecule has 0 N–H and O–H groups in total. The third kappa shape index (κ3) is 3.50. The average Bonchev–Trinajstić information content (AvgIpc) is 3.50. The Morgan fingerprint density at radius 1 is 1.00 bits per heavy atom. The Hall–Kier alpha value is -2.77. The number of halogens is 1. The minimum absolute atomic E-state index is 0.427. The minimum atomic E-state index is 0.427. The highest BCUT2D eigenvalue weighted by atomic mass is 35.5. The van der Waals surface area contributed by atoms with E-state index >= 15 is 0 Å². The Labute approximate surface area is 171 Å². The molecule has 0 atom stereocenters. The molecule has 3 aromatic heterocycles. The van der Waals surface area contributed by atoms with Gasteiger partial charge in [-0.2, -0.15) is 0 Å². The lowest BCUT2D eigenvalue weighted by molar-refractivity contribution is 0.859. The van der Waals surface area contributed by atoms with Gasteiger partial charge in [0.2, 0.25) is 5.16 Å². The second-order valence-corrected chi connectivity index (χ2v) is 7.86. The number of benzene rings is 1. The van der Waals surface area contributed by atoms with E-state index in [4.69, 9.17) is 11.6 Å². The summed E-state index contributed by atoms with van der Waals surface area (Å²) in [5.41, 5.74) is 1.86. The molecule has 0 unspecified atom stereocenters. The number of para-hydroxylation sites is 1. The zero-order chi connectivity index (χ0) is 18.9. The molecule has 0 radical (unpaired) electrons. The lowest BCUT2D eigenvalue weighted by Crippen LogP contribution is -2.00. The van der Waals surface area contributed by atoms with Gasteiger partial charge < -0.3 is 0 Å². The number of hydrogen-bond acceptors (Lipinski definition) is 6. The standard InChI is InChI=1S/C20H15ClN6S/c21-16-11-17(24-18(23-16)13-8-9-13)28-20-26-25-19(14-5-4-10-22-12-14)27(20)15-6-2-1-3-7-15/h1-7,10-13H,8-9H2. The van der Waals surface area contributed by atoms with Gasteiger partial charge in [0, 0.05) is 35.6 Å². The van der Waals surface area contributed by atoms with Crippen molar-refractivity contribution in [1.29, 1.82) is 0 Å². The van der Waals surface area contributed by atoms with Gasteiger partial charge in [0.1, 0.15) is 16.0 Å². The van der Waals surface area contributed by atoms with Gasteiger partial charge in [-0.3, -0.25) is 9.55 Å². The summed E-state index contributed by atoms with van der Waals surface area (Å²) in [5.74, 6) is 1.97. The Bertz CT molecular complexity index is 1110. The SMILES string of the molecule is Clc1cc(Sc2nnc(-c3cccnc3)n2-c2ccccc2)nc(C2CC2)n1. The molecule has 1 saturated carbocycles. The first-order valence-electron chi connectivity index (χ1n) is 8.91. The fourth-order valence-corrected chi connectivity index (χ4v) is 4.03. The predicted molar refractivity (Wildman–Crippen MR) is 108 cm³/mol. The molecule has 1 aliphatic carbocycles. The molecule has 1 aromatic carbocycles. The van der Waals surface area contributed by atoms with Crippen LogP contribution in [0.1, 0.15) is 24.6 Å². The van der Waals surface area contributed by atoms with Crippen LogP contribution in [0.2, 0.25) is 5.15 Å². The van der Waals surface area contributed by atoms with Crippen LogP contribution in [0.5, 0.6) is 0 Å². The zero-order valence-electron chi connectivity index (χ0n) is 14.7. The fraction of sp³-hybridized carbons (Fsp3) is 0.150. The Morgan fingerprint density at radius 2 is 1.86 bits per heavy atom. The number of pyridine rings is 1. The molecule has 1 fully saturated rings. The smallest absolute Gasteiger partial charge is 0.202 e. The largest absolute Gasteiger partial charge is 0.270 e. The highest BCUT2D eigenvalue weighted by Crippen LogP contribution is 2.40. The first kappa shape index (κ1) is 17.3. The highest BCUT2D eigenvalue weighted by Gasteiger charge is 2.27. The van der Waals surface area contributed by atoms with E-state index in [0.717, 1.165) is 40.8 Å². The van der Waals surface area contributed by atoms with E-state index in [-0.39, 0.29) is 0 Å². The topological polar surface area (TPSA) is 69.4 Å². The van der Waals surface area contributed by atoms with Crippen molar-refractivity contribution in [2.24, 2.45) is 0 Å². The third-order valence-corrected chi connectivity index (χ3v) is 5.45. The van der Waals surface area contributed by atoms with Crippen molar-refractivity contribution in [2.75, 3.05) is 0 Å². The Morgan fingerprint density at radius 3 is 2.61 bits per heavy atom. The van der Waals surface area contributed by atoms with Gasteiger partial charge in [-0.15, -0.1) is 10.2 Å². The van der Waals surface area contributed by atoms with Crippen LogP contribution in [0.15, 0.2) is 71.1 Å². The van der Waals surface area contributed by atoms with Crippen molar-refractivity contribution in [2.45, 2.75) is 28.9 Å². The average molecular weight is 407 g/mol. The summed E-state index contributed by atoms with van der Waals surface area (Å²) in [6, 6.07) is 15.6. The molecule has 1 aliphatic rings.